The lowest BCUT2D eigenvalue weighted by molar-refractivity contribution is -0.138. The molecule has 0 radical (unpaired) electrons. The van der Waals surface area contributed by atoms with Crippen LogP contribution in [0.15, 0.2) is 0 Å². The molecule has 3 amide bonds. The fraction of sp³-hybridized carbons (Fsp3) is 0.842. The van der Waals surface area contributed by atoms with Crippen molar-refractivity contribution in [3.8, 4) is 0 Å². The van der Waals surface area contributed by atoms with E-state index in [4.69, 9.17) is 19.0 Å². The number of carbonyl (C=O) groups is 3. The van der Waals surface area contributed by atoms with Crippen molar-refractivity contribution in [3.05, 3.63) is 0 Å². The van der Waals surface area contributed by atoms with Crippen molar-refractivity contribution in [3.63, 3.8) is 0 Å². The van der Waals surface area contributed by atoms with E-state index in [0.29, 0.717) is 31.2 Å². The van der Waals surface area contributed by atoms with Gasteiger partial charge in [0.15, 0.2) is 0 Å². The highest BCUT2D eigenvalue weighted by molar-refractivity contribution is 5.86. The van der Waals surface area contributed by atoms with Gasteiger partial charge in [-0.05, 0) is 54.5 Å². The maximum absolute atomic E-state index is 12.2. The summed E-state index contributed by atoms with van der Waals surface area (Å²) in [5.74, 6) is -0.151. The van der Waals surface area contributed by atoms with E-state index in [1.807, 2.05) is 0 Å². The smallest absolute Gasteiger partial charge is 0.442 e. The molecular weight excluding hydrogens is 382 g/mol. The third kappa shape index (κ3) is 16.7. The molecule has 29 heavy (non-hydrogen) atoms. The summed E-state index contributed by atoms with van der Waals surface area (Å²) in [6.07, 6.45) is -1.45. The molecule has 0 bridgehead atoms. The molecule has 0 aromatic carbocycles. The Morgan fingerprint density at radius 1 is 0.862 bits per heavy atom. The highest BCUT2D eigenvalue weighted by Gasteiger charge is 2.32. The fourth-order valence-electron chi connectivity index (χ4n) is 1.70. The highest BCUT2D eigenvalue weighted by Crippen LogP contribution is 2.14. The Balaban J connectivity index is 0. The lowest BCUT2D eigenvalue weighted by Crippen LogP contribution is -2.44. The molecular formula is C19H39N3O7. The van der Waals surface area contributed by atoms with Gasteiger partial charge >= 0.3 is 12.2 Å². The fourth-order valence-corrected chi connectivity index (χ4v) is 1.70. The van der Waals surface area contributed by atoms with Crippen LogP contribution >= 0.6 is 0 Å². The molecule has 0 unspecified atom stereocenters. The number of rotatable bonds is 10. The van der Waals surface area contributed by atoms with Gasteiger partial charge in [0.25, 0.3) is 0 Å². The van der Waals surface area contributed by atoms with Crippen LogP contribution in [0.25, 0.3) is 0 Å². The number of methoxy groups -OCH3 is 1. The minimum absolute atomic E-state index is 0. The molecule has 0 fully saturated rings. The van der Waals surface area contributed by atoms with Gasteiger partial charge < -0.3 is 24.8 Å². The first-order valence-corrected chi connectivity index (χ1v) is 9.21. The van der Waals surface area contributed by atoms with Crippen LogP contribution < -0.4 is 10.6 Å². The van der Waals surface area contributed by atoms with Gasteiger partial charge in [-0.3, -0.25) is 9.63 Å². The third-order valence-corrected chi connectivity index (χ3v) is 2.75. The summed E-state index contributed by atoms with van der Waals surface area (Å²) in [7, 11) is 1.56. The molecule has 0 aliphatic carbocycles. The summed E-state index contributed by atoms with van der Waals surface area (Å²) in [4.78, 5) is 41.2. The van der Waals surface area contributed by atoms with Gasteiger partial charge in [0.05, 0.1) is 19.8 Å². The topological polar surface area (TPSA) is 115 Å². The molecule has 10 heteroatoms. The Labute approximate surface area is 174 Å². The van der Waals surface area contributed by atoms with Crippen molar-refractivity contribution in [1.29, 1.82) is 0 Å². The number of nitrogens with one attached hydrogen (secondary N) is 2. The van der Waals surface area contributed by atoms with Gasteiger partial charge in [-0.15, -0.1) is 0 Å². The molecule has 0 aromatic heterocycles. The van der Waals surface area contributed by atoms with Crippen LogP contribution in [0.1, 0.15) is 55.4 Å². The minimum atomic E-state index is -0.952. The molecule has 0 aliphatic rings. The van der Waals surface area contributed by atoms with Crippen LogP contribution in [0, 0.1) is 0 Å². The van der Waals surface area contributed by atoms with Crippen LogP contribution in [-0.4, -0.2) is 74.3 Å². The second-order valence-corrected chi connectivity index (χ2v) is 7.96. The lowest BCUT2D eigenvalue weighted by Gasteiger charge is -2.27. The van der Waals surface area contributed by atoms with Crippen molar-refractivity contribution in [2.75, 3.05) is 40.0 Å². The van der Waals surface area contributed by atoms with E-state index in [-0.39, 0.29) is 26.5 Å². The first kappa shape index (κ1) is 29.3. The Hall–Kier alpha value is -1.91. The molecule has 0 spiro atoms. The van der Waals surface area contributed by atoms with Crippen molar-refractivity contribution in [2.24, 2.45) is 0 Å². The molecule has 0 heterocycles. The van der Waals surface area contributed by atoms with E-state index in [1.54, 1.807) is 48.7 Å². The minimum Gasteiger partial charge on any atom is -0.442 e. The Kier molecular flexibility index (Phi) is 14.3. The second-order valence-electron chi connectivity index (χ2n) is 7.96. The first-order chi connectivity index (χ1) is 12.9. The zero-order chi connectivity index (χ0) is 21.8. The zero-order valence-electron chi connectivity index (χ0n) is 18.0. The van der Waals surface area contributed by atoms with Gasteiger partial charge in [0.1, 0.15) is 11.2 Å². The summed E-state index contributed by atoms with van der Waals surface area (Å²) in [5, 5.41) is 6.09. The molecule has 2 N–H and O–H groups in total. The monoisotopic (exact) mass is 421 g/mol. The number of hydroxylamine groups is 2. The summed E-state index contributed by atoms with van der Waals surface area (Å²) < 4.78 is 15.2. The van der Waals surface area contributed by atoms with E-state index in [2.05, 4.69) is 10.6 Å². The number of hydrogen-bond donors (Lipinski definition) is 2. The molecule has 0 atom stereocenters. The van der Waals surface area contributed by atoms with Gasteiger partial charge in [-0.1, -0.05) is 12.5 Å². The second kappa shape index (κ2) is 14.1. The number of nitrogens with zero attached hydrogens (tertiary/aromatic N) is 1. The van der Waals surface area contributed by atoms with Crippen molar-refractivity contribution in [2.45, 2.75) is 66.6 Å². The molecule has 0 aromatic rings. The number of imide groups is 1. The van der Waals surface area contributed by atoms with Gasteiger partial charge in [-0.25, -0.2) is 9.59 Å². The summed E-state index contributed by atoms with van der Waals surface area (Å²) >= 11 is 0. The molecule has 10 nitrogen and oxygen atoms in total. The maximum atomic E-state index is 12.2. The third-order valence-electron chi connectivity index (χ3n) is 2.75. The van der Waals surface area contributed by atoms with Crippen molar-refractivity contribution < 1.29 is 33.4 Å². The van der Waals surface area contributed by atoms with E-state index < -0.39 is 23.4 Å². The Bertz CT molecular complexity index is 471. The number of ether oxygens (including phenoxy) is 3. The predicted octanol–water partition coefficient (Wildman–Crippen LogP) is 2.47. The number of amides is 3. The maximum Gasteiger partial charge on any atom is 0.444 e. The van der Waals surface area contributed by atoms with Gasteiger partial charge in [0, 0.05) is 13.7 Å². The van der Waals surface area contributed by atoms with Gasteiger partial charge in [-0.2, -0.15) is 0 Å². The van der Waals surface area contributed by atoms with E-state index in [0.717, 1.165) is 0 Å². The largest absolute Gasteiger partial charge is 0.444 e. The van der Waals surface area contributed by atoms with Crippen LogP contribution in [0.3, 0.4) is 0 Å². The molecule has 0 saturated heterocycles. The van der Waals surface area contributed by atoms with Crippen LogP contribution in [0.4, 0.5) is 9.59 Å². The Morgan fingerprint density at radius 3 is 1.83 bits per heavy atom. The van der Waals surface area contributed by atoms with E-state index in [9.17, 15) is 14.4 Å². The molecule has 0 aliphatic heterocycles. The standard InChI is InChI=1S/C18H35N3O7.CH4/c1-17(2,3)27-15(23)21(16(24)28-18(4,5)6)26-11-8-9-19-13-14(22)20-10-12-25-7;/h19H,8-13H2,1-7H3,(H,20,22);1H4. The predicted molar refractivity (Wildman–Crippen MR) is 109 cm³/mol. The summed E-state index contributed by atoms with van der Waals surface area (Å²) in [6.45, 7) is 11.6. The summed E-state index contributed by atoms with van der Waals surface area (Å²) in [6, 6.07) is 0. The Morgan fingerprint density at radius 2 is 1.38 bits per heavy atom. The first-order valence-electron chi connectivity index (χ1n) is 9.21. The molecule has 172 valence electrons. The van der Waals surface area contributed by atoms with Crippen molar-refractivity contribution >= 4 is 18.1 Å². The number of hydrogen-bond acceptors (Lipinski definition) is 8. The number of carbonyl (C=O) groups excluding carboxylic acids is 3. The van der Waals surface area contributed by atoms with Crippen molar-refractivity contribution in [1.82, 2.24) is 15.7 Å². The average molecular weight is 422 g/mol. The lowest BCUT2D eigenvalue weighted by atomic mass is 10.2. The molecule has 0 rings (SSSR count). The normalized spacial score (nSPS) is 11.3. The van der Waals surface area contributed by atoms with Crippen LogP contribution in [0.5, 0.6) is 0 Å². The molecule has 0 saturated carbocycles. The van der Waals surface area contributed by atoms with Crippen LogP contribution in [0.2, 0.25) is 0 Å². The SMILES string of the molecule is C.COCCNC(=O)CNCCCON(C(=O)OC(C)(C)C)C(=O)OC(C)(C)C. The average Bonchev–Trinajstić information content (AvgIpc) is 2.50. The van der Waals surface area contributed by atoms with Crippen LogP contribution in [-0.2, 0) is 23.8 Å². The van der Waals surface area contributed by atoms with Gasteiger partial charge in [0.2, 0.25) is 5.91 Å². The highest BCUT2D eigenvalue weighted by atomic mass is 16.8. The summed E-state index contributed by atoms with van der Waals surface area (Å²) in [5.41, 5.74) is -1.59. The van der Waals surface area contributed by atoms with E-state index in [1.165, 1.54) is 0 Å². The van der Waals surface area contributed by atoms with E-state index >= 15 is 0 Å². The zero-order valence-corrected chi connectivity index (χ0v) is 18.0. The quantitative estimate of drug-likeness (QED) is 0.408.